The third-order valence-electron chi connectivity index (χ3n) is 3.62. The normalized spacial score (nSPS) is 12.2. The number of rotatable bonds is 5. The zero-order chi connectivity index (χ0) is 16.1. The number of benzene rings is 2. The minimum atomic E-state index is -2.65. The van der Waals surface area contributed by atoms with Crippen molar-refractivity contribution in [2.45, 2.75) is 13.1 Å². The molecule has 2 aromatic rings. The first-order chi connectivity index (χ1) is 10.5. The molecule has 0 saturated carbocycles. The average Bonchev–Trinajstić information content (AvgIpc) is 2.56. The fourth-order valence-electron chi connectivity index (χ4n) is 2.24. The Balaban J connectivity index is 2.41. The highest BCUT2D eigenvalue weighted by Crippen LogP contribution is 2.43. The van der Waals surface area contributed by atoms with Gasteiger partial charge in [0.1, 0.15) is 7.14 Å². The monoisotopic (exact) mass is 324 g/mol. The van der Waals surface area contributed by atoms with E-state index in [2.05, 4.69) is 24.3 Å². The quantitative estimate of drug-likeness (QED) is 0.462. The Labute approximate surface area is 134 Å². The maximum atomic E-state index is 13.7. The van der Waals surface area contributed by atoms with E-state index < -0.39 is 15.2 Å². The molecule has 0 aliphatic heterocycles. The molecule has 0 aliphatic carbocycles. The van der Waals surface area contributed by atoms with E-state index in [1.54, 1.807) is 0 Å². The van der Waals surface area contributed by atoms with E-state index >= 15 is 0 Å². The van der Waals surface area contributed by atoms with Crippen LogP contribution in [0.5, 0.6) is 0 Å². The number of hydrogen-bond donors (Lipinski definition) is 0. The summed E-state index contributed by atoms with van der Waals surface area (Å²) < 4.78 is 13.7. The second kappa shape index (κ2) is 6.96. The predicted molar refractivity (Wildman–Crippen MR) is 100 cm³/mol. The topological polar surface area (TPSA) is 17.1 Å². The summed E-state index contributed by atoms with van der Waals surface area (Å²) in [6.45, 7) is 4.22. The van der Waals surface area contributed by atoms with Crippen LogP contribution in [0, 0.1) is 12.0 Å². The first-order valence-corrected chi connectivity index (χ1v) is 12.3. The molecule has 0 radical (unpaired) electrons. The van der Waals surface area contributed by atoms with Crippen LogP contribution >= 0.6 is 7.14 Å². The van der Waals surface area contributed by atoms with Crippen LogP contribution in [0.1, 0.15) is 0 Å². The van der Waals surface area contributed by atoms with Crippen LogP contribution in [-0.2, 0) is 4.57 Å². The number of allylic oxidation sites excluding steroid dienone is 1. The number of terminal acetylenes is 1. The Kier molecular flexibility index (Phi) is 5.24. The minimum Gasteiger partial charge on any atom is -0.313 e. The average molecular weight is 324 g/mol. The van der Waals surface area contributed by atoms with E-state index in [0.717, 1.165) is 10.6 Å². The van der Waals surface area contributed by atoms with Crippen molar-refractivity contribution in [3.63, 3.8) is 0 Å². The lowest BCUT2D eigenvalue weighted by atomic mass is 10.4. The molecule has 0 saturated heterocycles. The molecule has 0 unspecified atom stereocenters. The Morgan fingerprint density at radius 3 is 1.86 bits per heavy atom. The Hall–Kier alpha value is -1.81. The largest absolute Gasteiger partial charge is 0.313 e. The van der Waals surface area contributed by atoms with Gasteiger partial charge in [-0.1, -0.05) is 85.5 Å². The summed E-state index contributed by atoms with van der Waals surface area (Å²) in [6.07, 6.45) is 8.10. The van der Waals surface area contributed by atoms with Gasteiger partial charge in [-0.2, -0.15) is 0 Å². The van der Waals surface area contributed by atoms with Crippen molar-refractivity contribution in [3.05, 3.63) is 72.4 Å². The van der Waals surface area contributed by atoms with Gasteiger partial charge in [-0.15, -0.1) is 12.0 Å². The molecule has 3 heteroatoms. The highest BCUT2D eigenvalue weighted by atomic mass is 31.2. The summed E-state index contributed by atoms with van der Waals surface area (Å²) >= 11 is 0. The van der Waals surface area contributed by atoms with Crippen LogP contribution in [0.25, 0.3) is 0 Å². The lowest BCUT2D eigenvalue weighted by Crippen LogP contribution is -2.21. The van der Waals surface area contributed by atoms with Gasteiger partial charge in [0.15, 0.2) is 8.07 Å². The Morgan fingerprint density at radius 1 is 1.00 bits per heavy atom. The maximum absolute atomic E-state index is 13.7. The molecule has 0 amide bonds. The van der Waals surface area contributed by atoms with Crippen LogP contribution in [0.3, 0.4) is 0 Å². The third kappa shape index (κ3) is 3.88. The lowest BCUT2D eigenvalue weighted by molar-refractivity contribution is 0.588. The molecule has 0 atom stereocenters. The predicted octanol–water partition coefficient (Wildman–Crippen LogP) is 3.98. The van der Waals surface area contributed by atoms with Crippen molar-refractivity contribution in [1.82, 2.24) is 0 Å². The molecule has 2 aromatic carbocycles. The molecule has 1 nitrogen and oxygen atoms in total. The van der Waals surface area contributed by atoms with Crippen LogP contribution < -0.4 is 10.6 Å². The fourth-order valence-corrected chi connectivity index (χ4v) is 5.67. The molecular weight excluding hydrogens is 303 g/mol. The Morgan fingerprint density at radius 2 is 1.45 bits per heavy atom. The molecule has 0 heterocycles. The second-order valence-corrected chi connectivity index (χ2v) is 12.8. The highest BCUT2D eigenvalue weighted by Gasteiger charge is 2.25. The van der Waals surface area contributed by atoms with Crippen LogP contribution in [0.15, 0.2) is 72.4 Å². The van der Waals surface area contributed by atoms with Gasteiger partial charge in [-0.05, 0) is 0 Å². The van der Waals surface area contributed by atoms with E-state index in [1.165, 1.54) is 0 Å². The fraction of sp³-hybridized carbons (Fsp3) is 0.158. The zero-order valence-corrected chi connectivity index (χ0v) is 15.0. The van der Waals surface area contributed by atoms with Crippen molar-refractivity contribution >= 4 is 25.8 Å². The van der Waals surface area contributed by atoms with Gasteiger partial charge in [0.2, 0.25) is 0 Å². The van der Waals surface area contributed by atoms with Crippen molar-refractivity contribution in [1.29, 1.82) is 0 Å². The molecule has 0 spiro atoms. The zero-order valence-electron chi connectivity index (χ0n) is 13.1. The molecule has 0 aromatic heterocycles. The van der Waals surface area contributed by atoms with Crippen molar-refractivity contribution < 1.29 is 4.57 Å². The van der Waals surface area contributed by atoms with Crippen LogP contribution in [0.2, 0.25) is 13.1 Å². The van der Waals surface area contributed by atoms with Crippen LogP contribution in [0.4, 0.5) is 0 Å². The second-order valence-electron chi connectivity index (χ2n) is 5.86. The molecule has 0 fully saturated rings. The molecule has 2 rings (SSSR count). The molecular formula is C19H21OPSi. The van der Waals surface area contributed by atoms with E-state index in [4.69, 9.17) is 6.42 Å². The summed E-state index contributed by atoms with van der Waals surface area (Å²) in [5.41, 5.74) is 4.97. The van der Waals surface area contributed by atoms with Gasteiger partial charge in [0.05, 0.1) is 0 Å². The first kappa shape index (κ1) is 16.6. The van der Waals surface area contributed by atoms with Gasteiger partial charge in [-0.3, -0.25) is 0 Å². The summed E-state index contributed by atoms with van der Waals surface area (Å²) in [5.74, 6) is 0. The summed E-state index contributed by atoms with van der Waals surface area (Å²) in [7, 11) is -4.41. The van der Waals surface area contributed by atoms with Crippen molar-refractivity contribution in [2.75, 3.05) is 6.16 Å². The standard InChI is InChI=1S/C19H21OPSi/c1-4-22(2,3)17-11-16-21(20,18-12-7-5-8-13-18)19-14-9-6-10-15-19/h1,5-15,17H,16H2,2-3H3/b17-11+. The highest BCUT2D eigenvalue weighted by molar-refractivity contribution is 7.78. The minimum absolute atomic E-state index is 0.513. The molecule has 0 aliphatic rings. The van der Waals surface area contributed by atoms with E-state index in [9.17, 15) is 4.57 Å². The lowest BCUT2D eigenvalue weighted by Gasteiger charge is -2.18. The number of hydrogen-bond acceptors (Lipinski definition) is 1. The van der Waals surface area contributed by atoms with Gasteiger partial charge in [-0.25, -0.2) is 0 Å². The van der Waals surface area contributed by atoms with Crippen molar-refractivity contribution in [3.8, 4) is 12.0 Å². The molecule has 22 heavy (non-hydrogen) atoms. The molecule has 112 valence electrons. The SMILES string of the molecule is C#C[Si](C)(C)/C=C/CP(=O)(c1ccccc1)c1ccccc1. The van der Waals surface area contributed by atoms with E-state index in [1.807, 2.05) is 66.7 Å². The smallest absolute Gasteiger partial charge is 0.154 e. The van der Waals surface area contributed by atoms with Gasteiger partial charge >= 0.3 is 0 Å². The van der Waals surface area contributed by atoms with Crippen LogP contribution in [-0.4, -0.2) is 14.2 Å². The van der Waals surface area contributed by atoms with Crippen molar-refractivity contribution in [2.24, 2.45) is 0 Å². The van der Waals surface area contributed by atoms with Gasteiger partial charge < -0.3 is 4.57 Å². The molecule has 0 bridgehead atoms. The van der Waals surface area contributed by atoms with E-state index in [0.29, 0.717) is 6.16 Å². The summed E-state index contributed by atoms with van der Waals surface area (Å²) in [5, 5.41) is 1.79. The van der Waals surface area contributed by atoms with Gasteiger partial charge in [0, 0.05) is 16.8 Å². The Bertz CT molecular complexity index is 684. The summed E-state index contributed by atoms with van der Waals surface area (Å²) in [6, 6.07) is 19.5. The third-order valence-corrected chi connectivity index (χ3v) is 8.42. The first-order valence-electron chi connectivity index (χ1n) is 7.34. The molecule has 0 N–H and O–H groups in total. The summed E-state index contributed by atoms with van der Waals surface area (Å²) in [4.78, 5) is 0. The van der Waals surface area contributed by atoms with Gasteiger partial charge in [0.25, 0.3) is 0 Å². The maximum Gasteiger partial charge on any atom is 0.154 e. The van der Waals surface area contributed by atoms with E-state index in [-0.39, 0.29) is 0 Å².